The van der Waals surface area contributed by atoms with E-state index >= 15 is 0 Å². The van der Waals surface area contributed by atoms with Crippen LogP contribution in [0.2, 0.25) is 0 Å². The van der Waals surface area contributed by atoms with Crippen molar-refractivity contribution in [2.24, 2.45) is 0 Å². The molecule has 0 saturated heterocycles. The molecule has 0 aliphatic heterocycles. The van der Waals surface area contributed by atoms with Crippen LogP contribution in [0.4, 0.5) is 0 Å². The first-order chi connectivity index (χ1) is 16.9. The van der Waals surface area contributed by atoms with E-state index in [0.717, 1.165) is 0 Å². The van der Waals surface area contributed by atoms with Gasteiger partial charge in [0.15, 0.2) is 0 Å². The highest BCUT2D eigenvalue weighted by atomic mass is 31.2. The zero-order chi connectivity index (χ0) is 23.3. The quantitative estimate of drug-likeness (QED) is 0.139. The molecule has 0 N–H and O–H groups in total. The Balaban J connectivity index is 1.36. The van der Waals surface area contributed by atoms with E-state index in [1.165, 1.54) is 79.0 Å². The van der Waals surface area contributed by atoms with Gasteiger partial charge in [-0.1, -0.05) is 111 Å². The van der Waals surface area contributed by atoms with Gasteiger partial charge in [0.25, 0.3) is 0 Å². The summed E-state index contributed by atoms with van der Waals surface area (Å²) >= 11 is 0. The third kappa shape index (κ3) is 6.46. The zero-order valence-electron chi connectivity index (χ0n) is 20.4. The van der Waals surface area contributed by atoms with Crippen molar-refractivity contribution in [2.45, 2.75) is 51.4 Å². The highest BCUT2D eigenvalue weighted by Crippen LogP contribution is 2.55. The summed E-state index contributed by atoms with van der Waals surface area (Å²) in [5, 5.41) is 4.52. The lowest BCUT2D eigenvalue weighted by atomic mass is 10.0. The van der Waals surface area contributed by atoms with Gasteiger partial charge in [0.05, 0.1) is 6.16 Å². The van der Waals surface area contributed by atoms with Crippen molar-refractivity contribution < 1.29 is 0 Å². The van der Waals surface area contributed by atoms with Gasteiger partial charge < -0.3 is 0 Å². The highest BCUT2D eigenvalue weighted by molar-refractivity contribution is 7.95. The summed E-state index contributed by atoms with van der Waals surface area (Å²) in [4.78, 5) is 0. The summed E-state index contributed by atoms with van der Waals surface area (Å²) in [7, 11) is -1.65. The van der Waals surface area contributed by atoms with E-state index in [1.54, 1.807) is 0 Å². The smallest absolute Gasteiger partial charge is 0.0622 e. The average molecular weight is 466 g/mol. The Kier molecular flexibility index (Phi) is 9.53. The molecule has 0 heterocycles. The molecule has 0 nitrogen and oxygen atoms in total. The number of aryl methyl sites for hydroxylation is 1. The first-order valence-corrected chi connectivity index (χ1v) is 15.0. The molecule has 0 aliphatic rings. The Morgan fingerprint density at radius 3 is 1.15 bits per heavy atom. The summed E-state index contributed by atoms with van der Waals surface area (Å²) in [5.41, 5.74) is 1.48. The fourth-order valence-corrected chi connectivity index (χ4v) is 9.50. The molecule has 0 aliphatic carbocycles. The van der Waals surface area contributed by atoms with Gasteiger partial charge in [0.2, 0.25) is 0 Å². The number of hydrogen-bond donors (Lipinski definition) is 0. The third-order valence-electron chi connectivity index (χ3n) is 6.89. The molecule has 0 amide bonds. The van der Waals surface area contributed by atoms with Crippen molar-refractivity contribution in [3.63, 3.8) is 0 Å². The Labute approximate surface area is 207 Å². The van der Waals surface area contributed by atoms with E-state index in [0.29, 0.717) is 0 Å². The molecule has 0 saturated carbocycles. The molecular formula is C33H38P+. The van der Waals surface area contributed by atoms with Crippen LogP contribution < -0.4 is 15.9 Å². The molecule has 0 radical (unpaired) electrons. The van der Waals surface area contributed by atoms with Crippen molar-refractivity contribution in [2.75, 3.05) is 6.16 Å². The molecule has 0 fully saturated rings. The number of hydrogen-bond acceptors (Lipinski definition) is 0. The van der Waals surface area contributed by atoms with Crippen molar-refractivity contribution in [1.29, 1.82) is 0 Å². The summed E-state index contributed by atoms with van der Waals surface area (Å²) in [5.74, 6) is 0. The molecule has 0 spiro atoms. The molecule has 4 aromatic carbocycles. The van der Waals surface area contributed by atoms with Gasteiger partial charge in [-0.2, -0.15) is 0 Å². The Morgan fingerprint density at radius 2 is 0.706 bits per heavy atom. The zero-order valence-corrected chi connectivity index (χ0v) is 21.3. The van der Waals surface area contributed by atoms with Crippen LogP contribution in [-0.4, -0.2) is 6.16 Å². The highest BCUT2D eigenvalue weighted by Gasteiger charge is 2.44. The van der Waals surface area contributed by atoms with Gasteiger partial charge >= 0.3 is 0 Å². The summed E-state index contributed by atoms with van der Waals surface area (Å²) in [6.45, 7) is 0. The lowest BCUT2D eigenvalue weighted by molar-refractivity contribution is 0.590. The fraction of sp³-hybridized carbons (Fsp3) is 0.273. The van der Waals surface area contributed by atoms with Crippen molar-refractivity contribution in [3.05, 3.63) is 127 Å². The summed E-state index contributed by atoms with van der Waals surface area (Å²) < 4.78 is 0. The molecule has 0 bridgehead atoms. The van der Waals surface area contributed by atoms with Crippen LogP contribution in [0.1, 0.15) is 50.5 Å². The topological polar surface area (TPSA) is 0 Å². The molecular weight excluding hydrogens is 427 g/mol. The van der Waals surface area contributed by atoms with Gasteiger partial charge in [-0.05, 0) is 67.6 Å². The minimum Gasteiger partial charge on any atom is -0.0622 e. The monoisotopic (exact) mass is 465 g/mol. The van der Waals surface area contributed by atoms with E-state index < -0.39 is 7.26 Å². The van der Waals surface area contributed by atoms with Crippen LogP contribution in [0.15, 0.2) is 121 Å². The predicted octanol–water partition coefficient (Wildman–Crippen LogP) is 7.95. The van der Waals surface area contributed by atoms with Crippen molar-refractivity contribution in [1.82, 2.24) is 0 Å². The van der Waals surface area contributed by atoms with Crippen LogP contribution in [0.25, 0.3) is 0 Å². The van der Waals surface area contributed by atoms with E-state index in [1.807, 2.05) is 0 Å². The van der Waals surface area contributed by atoms with E-state index in [2.05, 4.69) is 121 Å². The Bertz CT molecular complexity index is 962. The first-order valence-electron chi connectivity index (χ1n) is 13.0. The van der Waals surface area contributed by atoms with Crippen LogP contribution >= 0.6 is 7.26 Å². The van der Waals surface area contributed by atoms with Gasteiger partial charge in [-0.25, -0.2) is 0 Å². The van der Waals surface area contributed by atoms with Gasteiger partial charge in [-0.15, -0.1) is 0 Å². The summed E-state index contributed by atoms with van der Waals surface area (Å²) in [6.07, 6.45) is 11.8. The molecule has 4 rings (SSSR count). The van der Waals surface area contributed by atoms with Crippen LogP contribution in [-0.2, 0) is 6.42 Å². The third-order valence-corrected chi connectivity index (χ3v) is 11.4. The van der Waals surface area contributed by atoms with Gasteiger partial charge in [0, 0.05) is 0 Å². The standard InChI is InChI=1S/C33H38P/c1(2-4-10-20-30-21-11-6-12-22-30)3-5-19-29-34(31-23-13-7-14-24-31,32-25-15-8-16-26-32)33-27-17-9-18-28-33/h6-9,11-18,21-28H,1-5,10,19-20,29H2/q+1. The largest absolute Gasteiger partial charge is 0.112 e. The van der Waals surface area contributed by atoms with Crippen LogP contribution in [0.5, 0.6) is 0 Å². The maximum absolute atomic E-state index is 2.36. The number of unbranched alkanes of at least 4 members (excludes halogenated alkanes) is 6. The lowest BCUT2D eigenvalue weighted by Gasteiger charge is -2.27. The SMILES string of the molecule is c1ccc(CCCCCCCCC[P+](c2ccccc2)(c2ccccc2)c2ccccc2)cc1. The maximum Gasteiger partial charge on any atom is 0.112 e. The second kappa shape index (κ2) is 13.3. The predicted molar refractivity (Wildman–Crippen MR) is 152 cm³/mol. The molecule has 0 unspecified atom stereocenters. The van der Waals surface area contributed by atoms with Crippen LogP contribution in [0, 0.1) is 0 Å². The normalized spacial score (nSPS) is 11.4. The molecule has 174 valence electrons. The van der Waals surface area contributed by atoms with Crippen molar-refractivity contribution >= 4 is 23.2 Å². The Hall–Kier alpha value is -2.69. The van der Waals surface area contributed by atoms with E-state index in [4.69, 9.17) is 0 Å². The molecule has 34 heavy (non-hydrogen) atoms. The second-order valence-electron chi connectivity index (χ2n) is 9.25. The minimum absolute atomic E-state index is 1.22. The van der Waals surface area contributed by atoms with E-state index in [-0.39, 0.29) is 0 Å². The van der Waals surface area contributed by atoms with E-state index in [9.17, 15) is 0 Å². The summed E-state index contributed by atoms with van der Waals surface area (Å²) in [6, 6.07) is 44.8. The van der Waals surface area contributed by atoms with Crippen molar-refractivity contribution in [3.8, 4) is 0 Å². The van der Waals surface area contributed by atoms with Gasteiger partial charge in [0.1, 0.15) is 23.2 Å². The number of rotatable bonds is 13. The Morgan fingerprint density at radius 1 is 0.353 bits per heavy atom. The first kappa shape index (κ1) is 24.4. The molecule has 0 aromatic heterocycles. The molecule has 0 atom stereocenters. The molecule has 4 aromatic rings. The maximum atomic E-state index is 2.36. The fourth-order valence-electron chi connectivity index (χ4n) is 5.09. The van der Waals surface area contributed by atoms with Gasteiger partial charge in [-0.3, -0.25) is 0 Å². The number of benzene rings is 4. The second-order valence-corrected chi connectivity index (χ2v) is 12.9. The minimum atomic E-state index is -1.65. The lowest BCUT2D eigenvalue weighted by Crippen LogP contribution is -2.33. The average Bonchev–Trinajstić information content (AvgIpc) is 2.92. The van der Waals surface area contributed by atoms with Crippen LogP contribution in [0.3, 0.4) is 0 Å². The molecule has 1 heteroatoms.